The normalized spacial score (nSPS) is 12.0. The average Bonchev–Trinajstić information content (AvgIpc) is 2.93. The van der Waals surface area contributed by atoms with Crippen LogP contribution in [0.15, 0.2) is 42.5 Å². The molecule has 0 amide bonds. The van der Waals surface area contributed by atoms with Crippen molar-refractivity contribution in [3.63, 3.8) is 0 Å². The molecular weight excluding hydrogens is 358 g/mol. The highest BCUT2D eigenvalue weighted by Gasteiger charge is 2.16. The molecule has 1 N–H and O–H groups in total. The Morgan fingerprint density at radius 3 is 2.39 bits per heavy atom. The Balaban J connectivity index is 1.86. The summed E-state index contributed by atoms with van der Waals surface area (Å²) in [6.45, 7) is 6.33. The van der Waals surface area contributed by atoms with Crippen LogP contribution in [0.1, 0.15) is 34.1 Å². The number of aryl methyl sites for hydroxylation is 1. The fraction of sp³-hybridized carbons (Fsp3) is 0.273. The average molecular weight is 381 g/mol. The highest BCUT2D eigenvalue weighted by molar-refractivity contribution is 5.95. The van der Waals surface area contributed by atoms with Crippen LogP contribution >= 0.6 is 0 Å². The van der Waals surface area contributed by atoms with Crippen molar-refractivity contribution in [2.45, 2.75) is 33.4 Å². The van der Waals surface area contributed by atoms with Gasteiger partial charge in [0.1, 0.15) is 5.75 Å². The van der Waals surface area contributed by atoms with Crippen LogP contribution in [0.4, 0.5) is 0 Å². The lowest BCUT2D eigenvalue weighted by Crippen LogP contribution is -2.24. The summed E-state index contributed by atoms with van der Waals surface area (Å²) >= 11 is 0. The molecule has 2 aromatic carbocycles. The highest BCUT2D eigenvalue weighted by Crippen LogP contribution is 2.27. The second-order valence-electron chi connectivity index (χ2n) is 6.76. The zero-order valence-corrected chi connectivity index (χ0v) is 16.4. The molecule has 0 fully saturated rings. The highest BCUT2D eigenvalue weighted by atomic mass is 16.6. The molecule has 1 heterocycles. The van der Waals surface area contributed by atoms with E-state index in [0.717, 1.165) is 27.7 Å². The first-order valence-electron chi connectivity index (χ1n) is 8.98. The van der Waals surface area contributed by atoms with Crippen LogP contribution < -0.4 is 4.74 Å². The third-order valence-corrected chi connectivity index (χ3v) is 5.00. The van der Waals surface area contributed by atoms with Gasteiger partial charge in [0.05, 0.1) is 12.7 Å². The monoisotopic (exact) mass is 381 g/mol. The van der Waals surface area contributed by atoms with Crippen LogP contribution in [0.25, 0.3) is 10.9 Å². The molecule has 0 bridgehead atoms. The third kappa shape index (κ3) is 3.71. The molecule has 0 unspecified atom stereocenters. The minimum Gasteiger partial charge on any atom is -0.479 e. The van der Waals surface area contributed by atoms with Gasteiger partial charge in [-0.15, -0.1) is 0 Å². The van der Waals surface area contributed by atoms with E-state index in [0.29, 0.717) is 12.3 Å². The molecule has 0 saturated heterocycles. The van der Waals surface area contributed by atoms with Gasteiger partial charge in [0, 0.05) is 23.1 Å². The van der Waals surface area contributed by atoms with Crippen LogP contribution in [0.5, 0.6) is 5.75 Å². The maximum atomic E-state index is 11.5. The summed E-state index contributed by atoms with van der Waals surface area (Å²) < 4.78 is 12.4. The number of benzene rings is 2. The van der Waals surface area contributed by atoms with Crippen molar-refractivity contribution >= 4 is 22.8 Å². The number of carbonyl (C=O) groups is 2. The number of aromatic carboxylic acids is 1. The molecule has 0 aliphatic heterocycles. The van der Waals surface area contributed by atoms with E-state index in [1.807, 2.05) is 44.2 Å². The summed E-state index contributed by atoms with van der Waals surface area (Å²) in [5, 5.41) is 10.2. The Hall–Kier alpha value is -3.28. The Labute approximate surface area is 163 Å². The summed E-state index contributed by atoms with van der Waals surface area (Å²) in [5.74, 6) is -0.754. The molecule has 3 rings (SSSR count). The topological polar surface area (TPSA) is 77.8 Å². The number of nitrogens with zero attached hydrogens (tertiary/aromatic N) is 1. The Morgan fingerprint density at radius 2 is 1.79 bits per heavy atom. The Morgan fingerprint density at radius 1 is 1.11 bits per heavy atom. The smallest absolute Gasteiger partial charge is 0.346 e. The molecule has 1 aromatic heterocycles. The number of esters is 1. The number of methoxy groups -OCH3 is 1. The van der Waals surface area contributed by atoms with E-state index in [2.05, 4.69) is 9.30 Å². The number of fused-ring (bicyclic) bond motifs is 1. The lowest BCUT2D eigenvalue weighted by Gasteiger charge is -2.13. The summed E-state index contributed by atoms with van der Waals surface area (Å²) in [7, 11) is 1.33. The van der Waals surface area contributed by atoms with Crippen molar-refractivity contribution in [2.24, 2.45) is 0 Å². The first kappa shape index (κ1) is 19.5. The number of carboxylic acids is 1. The number of carboxylic acid groups (broad SMARTS) is 1. The molecule has 6 nitrogen and oxygen atoms in total. The molecule has 1 atom stereocenters. The first-order chi connectivity index (χ1) is 13.3. The quantitative estimate of drug-likeness (QED) is 0.654. The van der Waals surface area contributed by atoms with E-state index in [1.54, 1.807) is 19.1 Å². The Kier molecular flexibility index (Phi) is 5.40. The van der Waals surface area contributed by atoms with E-state index in [1.165, 1.54) is 7.11 Å². The van der Waals surface area contributed by atoms with Crippen molar-refractivity contribution in [3.8, 4) is 5.75 Å². The second-order valence-corrected chi connectivity index (χ2v) is 6.76. The molecule has 0 radical (unpaired) electrons. The summed E-state index contributed by atoms with van der Waals surface area (Å²) in [6.07, 6.45) is -0.669. The standard InChI is InChI=1S/C22H23NO5/c1-13-14(2)23(20-10-7-17(21(24)25)11-19(13)20)12-16-5-8-18(9-6-16)28-15(3)22(26)27-4/h5-11,15H,12H2,1-4H3,(H,24,25)/t15-/m1/s1. The zero-order valence-electron chi connectivity index (χ0n) is 16.4. The predicted octanol–water partition coefficient (Wildman–Crippen LogP) is 3.94. The summed E-state index contributed by atoms with van der Waals surface area (Å²) in [5.41, 5.74) is 4.52. The molecule has 0 spiro atoms. The van der Waals surface area contributed by atoms with Crippen LogP contribution in [-0.4, -0.2) is 34.8 Å². The molecular formula is C22H23NO5. The van der Waals surface area contributed by atoms with E-state index in [4.69, 9.17) is 4.74 Å². The number of rotatable bonds is 6. The maximum Gasteiger partial charge on any atom is 0.346 e. The fourth-order valence-corrected chi connectivity index (χ4v) is 3.26. The van der Waals surface area contributed by atoms with Gasteiger partial charge in [0.2, 0.25) is 0 Å². The summed E-state index contributed by atoms with van der Waals surface area (Å²) in [6, 6.07) is 12.8. The van der Waals surface area contributed by atoms with E-state index in [-0.39, 0.29) is 5.56 Å². The molecule has 3 aromatic rings. The van der Waals surface area contributed by atoms with Gasteiger partial charge in [0.15, 0.2) is 6.10 Å². The molecule has 146 valence electrons. The van der Waals surface area contributed by atoms with Gasteiger partial charge in [-0.2, -0.15) is 0 Å². The maximum absolute atomic E-state index is 11.5. The third-order valence-electron chi connectivity index (χ3n) is 5.00. The van der Waals surface area contributed by atoms with Crippen LogP contribution in [0, 0.1) is 13.8 Å². The number of ether oxygens (including phenoxy) is 2. The van der Waals surface area contributed by atoms with Crippen LogP contribution in [0.3, 0.4) is 0 Å². The molecule has 0 aliphatic carbocycles. The van der Waals surface area contributed by atoms with Crippen molar-refractivity contribution in [3.05, 3.63) is 64.8 Å². The van der Waals surface area contributed by atoms with Crippen LogP contribution in [0.2, 0.25) is 0 Å². The first-order valence-corrected chi connectivity index (χ1v) is 8.98. The Bertz CT molecular complexity index is 1030. The van der Waals surface area contributed by atoms with Gasteiger partial charge in [-0.1, -0.05) is 12.1 Å². The number of hydrogen-bond donors (Lipinski definition) is 1. The fourth-order valence-electron chi connectivity index (χ4n) is 3.26. The zero-order chi connectivity index (χ0) is 20.4. The molecule has 0 aliphatic rings. The van der Waals surface area contributed by atoms with Crippen molar-refractivity contribution in [2.75, 3.05) is 7.11 Å². The van der Waals surface area contributed by atoms with Gasteiger partial charge in [0.25, 0.3) is 0 Å². The minimum absolute atomic E-state index is 0.286. The SMILES string of the molecule is COC(=O)[C@@H](C)Oc1ccc(Cn2c(C)c(C)c3cc(C(=O)O)ccc32)cc1. The van der Waals surface area contributed by atoms with Gasteiger partial charge >= 0.3 is 11.9 Å². The van der Waals surface area contributed by atoms with E-state index >= 15 is 0 Å². The van der Waals surface area contributed by atoms with Crippen molar-refractivity contribution in [1.82, 2.24) is 4.57 Å². The largest absolute Gasteiger partial charge is 0.479 e. The number of carbonyl (C=O) groups excluding carboxylic acids is 1. The van der Waals surface area contributed by atoms with Gasteiger partial charge < -0.3 is 19.1 Å². The number of aromatic nitrogens is 1. The second kappa shape index (κ2) is 7.76. The lowest BCUT2D eigenvalue weighted by molar-refractivity contribution is -0.147. The summed E-state index contributed by atoms with van der Waals surface area (Å²) in [4.78, 5) is 22.7. The van der Waals surface area contributed by atoms with Crippen molar-refractivity contribution < 1.29 is 24.2 Å². The molecule has 0 saturated carbocycles. The lowest BCUT2D eigenvalue weighted by atomic mass is 10.1. The molecule has 28 heavy (non-hydrogen) atoms. The van der Waals surface area contributed by atoms with E-state index in [9.17, 15) is 14.7 Å². The number of hydrogen-bond acceptors (Lipinski definition) is 4. The molecule has 6 heteroatoms. The predicted molar refractivity (Wildman–Crippen MR) is 106 cm³/mol. The van der Waals surface area contributed by atoms with Gasteiger partial charge in [-0.25, -0.2) is 9.59 Å². The minimum atomic E-state index is -0.927. The van der Waals surface area contributed by atoms with E-state index < -0.39 is 18.0 Å². The van der Waals surface area contributed by atoms with Crippen molar-refractivity contribution in [1.29, 1.82) is 0 Å². The van der Waals surface area contributed by atoms with Gasteiger partial charge in [-0.3, -0.25) is 0 Å². The van der Waals surface area contributed by atoms with Gasteiger partial charge in [-0.05, 0) is 62.2 Å². The van der Waals surface area contributed by atoms with Crippen LogP contribution in [-0.2, 0) is 16.1 Å².